The predicted octanol–water partition coefficient (Wildman–Crippen LogP) is 12.8. The third-order valence-corrected chi connectivity index (χ3v) is 7.74. The Hall–Kier alpha value is -0.570. The van der Waals surface area contributed by atoms with Crippen LogP contribution in [0.25, 0.3) is 0 Å². The van der Waals surface area contributed by atoms with E-state index in [0.29, 0.717) is 18.9 Å². The lowest BCUT2D eigenvalue weighted by Gasteiger charge is -2.15. The molecular formula is C37H78O3. The Morgan fingerprint density at radius 2 is 0.950 bits per heavy atom. The molecule has 0 radical (unpaired) electrons. The van der Waals surface area contributed by atoms with Crippen LogP contribution in [0, 0.1) is 5.92 Å². The number of carbonyl (C=O) groups is 1. The summed E-state index contributed by atoms with van der Waals surface area (Å²) in [6, 6.07) is 0. The minimum absolute atomic E-state index is 0.0121. The van der Waals surface area contributed by atoms with Gasteiger partial charge in [-0.25, -0.2) is 0 Å². The van der Waals surface area contributed by atoms with Crippen molar-refractivity contribution in [2.75, 3.05) is 6.61 Å². The van der Waals surface area contributed by atoms with Crippen molar-refractivity contribution in [1.29, 1.82) is 0 Å². The SMILES string of the molecule is CCCC.CCCCCCCCC(=O)OCC(CCC)CCCC.CCCCCCCCCCCCC(O)CC. The van der Waals surface area contributed by atoms with Crippen molar-refractivity contribution in [1.82, 2.24) is 0 Å². The van der Waals surface area contributed by atoms with Crippen LogP contribution in [0.3, 0.4) is 0 Å². The van der Waals surface area contributed by atoms with Crippen LogP contribution in [-0.4, -0.2) is 23.8 Å². The first-order valence-electron chi connectivity index (χ1n) is 18.3. The molecule has 0 aliphatic rings. The fourth-order valence-electron chi connectivity index (χ4n) is 4.62. The first-order valence-corrected chi connectivity index (χ1v) is 18.3. The Bertz CT molecular complexity index is 435. The molecule has 3 nitrogen and oxygen atoms in total. The highest BCUT2D eigenvalue weighted by Gasteiger charge is 2.11. The lowest BCUT2D eigenvalue weighted by atomic mass is 9.98. The van der Waals surface area contributed by atoms with Crippen LogP contribution in [0.4, 0.5) is 0 Å². The second-order valence-electron chi connectivity index (χ2n) is 12.0. The molecule has 0 amide bonds. The van der Waals surface area contributed by atoms with E-state index in [2.05, 4.69) is 48.5 Å². The first kappa shape index (κ1) is 43.9. The molecule has 0 aliphatic heterocycles. The lowest BCUT2D eigenvalue weighted by molar-refractivity contribution is -0.145. The Labute approximate surface area is 254 Å². The molecule has 0 spiro atoms. The van der Waals surface area contributed by atoms with Crippen molar-refractivity contribution in [3.63, 3.8) is 0 Å². The summed E-state index contributed by atoms with van der Waals surface area (Å²) in [5.41, 5.74) is 0. The maximum Gasteiger partial charge on any atom is 0.305 e. The van der Waals surface area contributed by atoms with Gasteiger partial charge in [0.25, 0.3) is 0 Å². The zero-order valence-electron chi connectivity index (χ0n) is 29.0. The predicted molar refractivity (Wildman–Crippen MR) is 180 cm³/mol. The van der Waals surface area contributed by atoms with Gasteiger partial charge in [-0.2, -0.15) is 0 Å². The molecule has 0 rings (SSSR count). The largest absolute Gasteiger partial charge is 0.465 e. The van der Waals surface area contributed by atoms with Crippen LogP contribution >= 0.6 is 0 Å². The Morgan fingerprint density at radius 3 is 1.38 bits per heavy atom. The minimum Gasteiger partial charge on any atom is -0.465 e. The Balaban J connectivity index is -0.000000614. The van der Waals surface area contributed by atoms with Crippen LogP contribution in [-0.2, 0) is 9.53 Å². The average Bonchev–Trinajstić information content (AvgIpc) is 2.97. The zero-order valence-corrected chi connectivity index (χ0v) is 29.0. The van der Waals surface area contributed by atoms with Crippen molar-refractivity contribution in [2.45, 2.75) is 222 Å². The van der Waals surface area contributed by atoms with Gasteiger partial charge in [-0.05, 0) is 38.0 Å². The monoisotopic (exact) mass is 571 g/mol. The Kier molecular flexibility index (Phi) is 44.5. The van der Waals surface area contributed by atoms with E-state index in [4.69, 9.17) is 4.74 Å². The molecule has 0 aromatic rings. The number of ether oxygens (including phenoxy) is 1. The van der Waals surface area contributed by atoms with Gasteiger partial charge >= 0.3 is 5.97 Å². The van der Waals surface area contributed by atoms with Crippen LogP contribution in [0.1, 0.15) is 215 Å². The molecule has 2 atom stereocenters. The number of aliphatic hydroxyl groups excluding tert-OH is 1. The molecule has 244 valence electrons. The third-order valence-electron chi connectivity index (χ3n) is 7.74. The molecule has 0 heterocycles. The van der Waals surface area contributed by atoms with Gasteiger partial charge in [0.2, 0.25) is 0 Å². The molecule has 0 bridgehead atoms. The van der Waals surface area contributed by atoms with Crippen LogP contribution in [0.2, 0.25) is 0 Å². The summed E-state index contributed by atoms with van der Waals surface area (Å²) >= 11 is 0. The summed E-state index contributed by atoms with van der Waals surface area (Å²) in [6.07, 6.45) is 32.3. The molecule has 1 N–H and O–H groups in total. The molecular weight excluding hydrogens is 492 g/mol. The molecule has 0 aromatic heterocycles. The molecule has 3 heteroatoms. The van der Waals surface area contributed by atoms with Gasteiger partial charge in [0.1, 0.15) is 0 Å². The number of hydrogen-bond acceptors (Lipinski definition) is 3. The van der Waals surface area contributed by atoms with E-state index in [9.17, 15) is 9.90 Å². The van der Waals surface area contributed by atoms with Crippen molar-refractivity contribution < 1.29 is 14.6 Å². The summed E-state index contributed by atoms with van der Waals surface area (Å²) in [6.45, 7) is 16.0. The quantitative estimate of drug-likeness (QED) is 0.0789. The Morgan fingerprint density at radius 1 is 0.500 bits per heavy atom. The highest BCUT2D eigenvalue weighted by atomic mass is 16.5. The smallest absolute Gasteiger partial charge is 0.305 e. The van der Waals surface area contributed by atoms with Crippen LogP contribution in [0.15, 0.2) is 0 Å². The summed E-state index contributed by atoms with van der Waals surface area (Å²) in [7, 11) is 0. The van der Waals surface area contributed by atoms with E-state index in [-0.39, 0.29) is 12.1 Å². The second-order valence-corrected chi connectivity index (χ2v) is 12.0. The van der Waals surface area contributed by atoms with Crippen molar-refractivity contribution in [3.05, 3.63) is 0 Å². The van der Waals surface area contributed by atoms with Crippen molar-refractivity contribution in [2.24, 2.45) is 5.92 Å². The molecule has 0 aliphatic carbocycles. The molecule has 2 unspecified atom stereocenters. The molecule has 0 aromatic carbocycles. The summed E-state index contributed by atoms with van der Waals surface area (Å²) in [5, 5.41) is 9.38. The number of carbonyl (C=O) groups excluding carboxylic acids is 1. The number of hydrogen-bond donors (Lipinski definition) is 1. The highest BCUT2D eigenvalue weighted by molar-refractivity contribution is 5.69. The maximum absolute atomic E-state index is 11.7. The summed E-state index contributed by atoms with van der Waals surface area (Å²) in [4.78, 5) is 11.7. The lowest BCUT2D eigenvalue weighted by Crippen LogP contribution is -2.14. The van der Waals surface area contributed by atoms with Gasteiger partial charge < -0.3 is 9.84 Å². The highest BCUT2D eigenvalue weighted by Crippen LogP contribution is 2.16. The molecule has 0 saturated heterocycles. The van der Waals surface area contributed by atoms with Crippen LogP contribution in [0.5, 0.6) is 0 Å². The topological polar surface area (TPSA) is 46.5 Å². The van der Waals surface area contributed by atoms with E-state index in [1.165, 1.54) is 141 Å². The fraction of sp³-hybridized carbons (Fsp3) is 0.973. The van der Waals surface area contributed by atoms with Crippen molar-refractivity contribution in [3.8, 4) is 0 Å². The molecule has 0 saturated carbocycles. The first-order chi connectivity index (χ1) is 19.5. The maximum atomic E-state index is 11.7. The fourth-order valence-corrected chi connectivity index (χ4v) is 4.62. The van der Waals surface area contributed by atoms with E-state index in [1.807, 2.05) is 0 Å². The number of unbranched alkanes of at least 4 members (excludes halogenated alkanes) is 16. The third kappa shape index (κ3) is 41.9. The van der Waals surface area contributed by atoms with Gasteiger partial charge in [0.05, 0.1) is 12.7 Å². The van der Waals surface area contributed by atoms with Gasteiger partial charge in [0.15, 0.2) is 0 Å². The van der Waals surface area contributed by atoms with E-state index in [0.717, 1.165) is 19.3 Å². The van der Waals surface area contributed by atoms with E-state index >= 15 is 0 Å². The summed E-state index contributed by atoms with van der Waals surface area (Å²) < 4.78 is 5.44. The number of aliphatic hydroxyl groups is 1. The van der Waals surface area contributed by atoms with Crippen molar-refractivity contribution >= 4 is 5.97 Å². The van der Waals surface area contributed by atoms with Gasteiger partial charge in [0, 0.05) is 6.42 Å². The zero-order chi connectivity index (χ0) is 30.5. The average molecular weight is 571 g/mol. The molecule has 0 fully saturated rings. The molecule has 40 heavy (non-hydrogen) atoms. The van der Waals surface area contributed by atoms with Gasteiger partial charge in [-0.3, -0.25) is 4.79 Å². The van der Waals surface area contributed by atoms with E-state index in [1.54, 1.807) is 0 Å². The van der Waals surface area contributed by atoms with Gasteiger partial charge in [-0.15, -0.1) is 0 Å². The second kappa shape index (κ2) is 40.6. The minimum atomic E-state index is -0.0472. The van der Waals surface area contributed by atoms with E-state index < -0.39 is 0 Å². The van der Waals surface area contributed by atoms with Gasteiger partial charge in [-0.1, -0.05) is 177 Å². The summed E-state index contributed by atoms with van der Waals surface area (Å²) in [5.74, 6) is 0.589. The van der Waals surface area contributed by atoms with Crippen LogP contribution < -0.4 is 0 Å². The normalized spacial score (nSPS) is 12.1. The standard InChI is InChI=1S/C18H36O2.C15H32O.C4H10/c1-4-7-9-10-11-12-15-18(19)20-16-17(13-6-3)14-8-5-2;1-3-5-6-7-8-9-10-11-12-13-14-15(16)4-2;1-3-4-2/h17H,4-16H2,1-3H3;15-16H,3-14H2,1-2H3;3-4H2,1-2H3. The number of rotatable bonds is 27. The number of esters is 1.